The van der Waals surface area contributed by atoms with E-state index in [1.165, 1.54) is 9.87 Å². The van der Waals surface area contributed by atoms with Crippen LogP contribution in [0.25, 0.3) is 0 Å². The van der Waals surface area contributed by atoms with E-state index in [9.17, 15) is 13.2 Å². The summed E-state index contributed by atoms with van der Waals surface area (Å²) in [5.41, 5.74) is 4.12. The van der Waals surface area contributed by atoms with Crippen LogP contribution in [0.3, 0.4) is 0 Å². The molecule has 1 atom stereocenters. The normalized spacial score (nSPS) is 17.4. The molecule has 1 aliphatic heterocycles. The Balaban J connectivity index is 1.82. The lowest BCUT2D eigenvalue weighted by molar-refractivity contribution is 0.0940. The molecular weight excluding hydrogens is 360 g/mol. The average Bonchev–Trinajstić information content (AvgIpc) is 2.62. The molecule has 0 spiro atoms. The molecule has 3 rings (SSSR count). The minimum Gasteiger partial charge on any atom is -0.346 e. The lowest BCUT2D eigenvalue weighted by Gasteiger charge is -2.29. The number of nitrogens with one attached hydrogen (secondary N) is 1. The smallest absolute Gasteiger partial charge is 0.251 e. The van der Waals surface area contributed by atoms with Crippen molar-refractivity contribution in [3.63, 3.8) is 0 Å². The van der Waals surface area contributed by atoms with Crippen molar-refractivity contribution >= 4 is 21.6 Å². The van der Waals surface area contributed by atoms with E-state index in [1.807, 2.05) is 51.1 Å². The Morgan fingerprint density at radius 3 is 2.44 bits per heavy atom. The number of amides is 1. The number of hydrogen-bond donors (Lipinski definition) is 1. The van der Waals surface area contributed by atoms with Crippen LogP contribution in [0.15, 0.2) is 42.5 Å². The largest absolute Gasteiger partial charge is 0.346 e. The number of nitrogens with zero attached hydrogens (tertiary/aromatic N) is 1. The van der Waals surface area contributed by atoms with E-state index in [0.717, 1.165) is 17.5 Å². The number of carbonyl (C=O) groups is 1. The summed E-state index contributed by atoms with van der Waals surface area (Å²) in [6.45, 7) is 6.30. The van der Waals surface area contributed by atoms with Crippen molar-refractivity contribution in [2.24, 2.45) is 0 Å². The Bertz CT molecular complexity index is 936. The zero-order chi connectivity index (χ0) is 19.6. The van der Waals surface area contributed by atoms with Crippen molar-refractivity contribution in [2.75, 3.05) is 16.6 Å². The minimum absolute atomic E-state index is 0.137. The zero-order valence-corrected chi connectivity index (χ0v) is 16.8. The summed E-state index contributed by atoms with van der Waals surface area (Å²) >= 11 is 0. The van der Waals surface area contributed by atoms with Crippen LogP contribution in [0, 0.1) is 13.8 Å². The van der Waals surface area contributed by atoms with E-state index in [-0.39, 0.29) is 17.7 Å². The van der Waals surface area contributed by atoms with Crippen molar-refractivity contribution in [3.8, 4) is 0 Å². The first kappa shape index (κ1) is 19.4. The van der Waals surface area contributed by atoms with Crippen LogP contribution < -0.4 is 9.62 Å². The highest BCUT2D eigenvalue weighted by atomic mass is 32.2. The summed E-state index contributed by atoms with van der Waals surface area (Å²) in [7, 11) is -3.31. The molecule has 1 saturated heterocycles. The molecule has 0 aromatic heterocycles. The standard InChI is InChI=1S/C21H26N2O3S/c1-15-6-9-18(10-7-15)17(3)22-21(24)19-11-8-16(2)20(14-19)23-12-4-5-13-27(23,25)26/h6-11,14,17H,4-5,12-13H2,1-3H3,(H,22,24). The van der Waals surface area contributed by atoms with Gasteiger partial charge >= 0.3 is 0 Å². The molecule has 1 aliphatic rings. The predicted molar refractivity (Wildman–Crippen MR) is 109 cm³/mol. The molecule has 2 aromatic rings. The van der Waals surface area contributed by atoms with Crippen molar-refractivity contribution in [1.29, 1.82) is 0 Å². The Labute approximate surface area is 161 Å². The first-order valence-corrected chi connectivity index (χ1v) is 10.9. The fourth-order valence-electron chi connectivity index (χ4n) is 3.30. The number of sulfonamides is 1. The van der Waals surface area contributed by atoms with Crippen LogP contribution >= 0.6 is 0 Å². The minimum atomic E-state index is -3.31. The third-order valence-electron chi connectivity index (χ3n) is 5.01. The first-order valence-electron chi connectivity index (χ1n) is 9.26. The molecule has 0 aliphatic carbocycles. The van der Waals surface area contributed by atoms with E-state index in [0.29, 0.717) is 24.2 Å². The molecule has 1 heterocycles. The Kier molecular flexibility index (Phi) is 5.56. The topological polar surface area (TPSA) is 66.5 Å². The second kappa shape index (κ2) is 7.72. The molecular formula is C21H26N2O3S. The predicted octanol–water partition coefficient (Wildman–Crippen LogP) is 3.72. The Hall–Kier alpha value is -2.34. The second-order valence-electron chi connectivity index (χ2n) is 7.20. The summed E-state index contributed by atoms with van der Waals surface area (Å²) in [4.78, 5) is 12.7. The highest BCUT2D eigenvalue weighted by Gasteiger charge is 2.27. The summed E-state index contributed by atoms with van der Waals surface area (Å²) < 4.78 is 26.3. The lowest BCUT2D eigenvalue weighted by atomic mass is 10.1. The van der Waals surface area contributed by atoms with Crippen molar-refractivity contribution < 1.29 is 13.2 Å². The van der Waals surface area contributed by atoms with Gasteiger partial charge in [-0.25, -0.2) is 8.42 Å². The van der Waals surface area contributed by atoms with Gasteiger partial charge in [0, 0.05) is 12.1 Å². The van der Waals surface area contributed by atoms with E-state index >= 15 is 0 Å². The molecule has 1 fully saturated rings. The molecule has 27 heavy (non-hydrogen) atoms. The number of carbonyl (C=O) groups excluding carboxylic acids is 1. The average molecular weight is 387 g/mol. The van der Waals surface area contributed by atoms with Gasteiger partial charge in [-0.2, -0.15) is 0 Å². The van der Waals surface area contributed by atoms with Crippen LogP contribution in [0.1, 0.15) is 52.9 Å². The van der Waals surface area contributed by atoms with E-state index in [2.05, 4.69) is 5.32 Å². The Morgan fingerprint density at radius 1 is 1.07 bits per heavy atom. The van der Waals surface area contributed by atoms with Crippen LogP contribution in [-0.2, 0) is 10.0 Å². The summed E-state index contributed by atoms with van der Waals surface area (Å²) in [5.74, 6) is -0.0495. The van der Waals surface area contributed by atoms with Gasteiger partial charge in [0.05, 0.1) is 17.5 Å². The van der Waals surface area contributed by atoms with Crippen LogP contribution in [-0.4, -0.2) is 26.6 Å². The van der Waals surface area contributed by atoms with Gasteiger partial charge < -0.3 is 5.32 Å². The highest BCUT2D eigenvalue weighted by molar-refractivity contribution is 7.92. The van der Waals surface area contributed by atoms with Crippen LogP contribution in [0.2, 0.25) is 0 Å². The maximum atomic E-state index is 12.7. The van der Waals surface area contributed by atoms with Gasteiger partial charge in [0.2, 0.25) is 10.0 Å². The van der Waals surface area contributed by atoms with Gasteiger partial charge in [0.25, 0.3) is 5.91 Å². The maximum Gasteiger partial charge on any atom is 0.251 e. The Morgan fingerprint density at radius 2 is 1.78 bits per heavy atom. The van der Waals surface area contributed by atoms with Gasteiger partial charge in [0.1, 0.15) is 0 Å². The lowest BCUT2D eigenvalue weighted by Crippen LogP contribution is -2.38. The maximum absolute atomic E-state index is 12.7. The molecule has 0 saturated carbocycles. The van der Waals surface area contributed by atoms with E-state index in [1.54, 1.807) is 12.1 Å². The molecule has 1 amide bonds. The number of hydrogen-bond acceptors (Lipinski definition) is 3. The summed E-state index contributed by atoms with van der Waals surface area (Å²) in [5, 5.41) is 3.00. The van der Waals surface area contributed by atoms with Gasteiger partial charge in [-0.15, -0.1) is 0 Å². The number of aryl methyl sites for hydroxylation is 2. The summed E-state index contributed by atoms with van der Waals surface area (Å²) in [6, 6.07) is 13.1. The molecule has 1 N–H and O–H groups in total. The first-order chi connectivity index (χ1) is 12.8. The monoisotopic (exact) mass is 386 g/mol. The van der Waals surface area contributed by atoms with Gasteiger partial charge in [0.15, 0.2) is 0 Å². The molecule has 5 nitrogen and oxygen atoms in total. The fourth-order valence-corrected chi connectivity index (χ4v) is 4.99. The van der Waals surface area contributed by atoms with Crippen molar-refractivity contribution in [3.05, 3.63) is 64.7 Å². The van der Waals surface area contributed by atoms with E-state index in [4.69, 9.17) is 0 Å². The third-order valence-corrected chi connectivity index (χ3v) is 6.87. The van der Waals surface area contributed by atoms with E-state index < -0.39 is 10.0 Å². The molecule has 6 heteroatoms. The molecule has 2 aromatic carbocycles. The van der Waals surface area contributed by atoms with Crippen LogP contribution in [0.5, 0.6) is 0 Å². The quantitative estimate of drug-likeness (QED) is 0.871. The molecule has 144 valence electrons. The molecule has 1 unspecified atom stereocenters. The SMILES string of the molecule is Cc1ccc(C(C)NC(=O)c2ccc(C)c(N3CCCCS3(=O)=O)c2)cc1. The third kappa shape index (κ3) is 4.33. The van der Waals surface area contributed by atoms with Crippen molar-refractivity contribution in [1.82, 2.24) is 5.32 Å². The van der Waals surface area contributed by atoms with Gasteiger partial charge in [-0.05, 0) is 56.9 Å². The fraction of sp³-hybridized carbons (Fsp3) is 0.381. The van der Waals surface area contributed by atoms with Gasteiger partial charge in [-0.1, -0.05) is 35.9 Å². The van der Waals surface area contributed by atoms with Gasteiger partial charge in [-0.3, -0.25) is 9.10 Å². The van der Waals surface area contributed by atoms with Crippen LogP contribution in [0.4, 0.5) is 5.69 Å². The highest BCUT2D eigenvalue weighted by Crippen LogP contribution is 2.28. The van der Waals surface area contributed by atoms with Crippen molar-refractivity contribution in [2.45, 2.75) is 39.7 Å². The number of anilines is 1. The second-order valence-corrected chi connectivity index (χ2v) is 9.22. The molecule has 0 bridgehead atoms. The number of benzene rings is 2. The number of rotatable bonds is 4. The summed E-state index contributed by atoms with van der Waals surface area (Å²) in [6.07, 6.45) is 1.52. The zero-order valence-electron chi connectivity index (χ0n) is 16.0. The molecule has 0 radical (unpaired) electrons.